The number of hydrazine groups is 1. The van der Waals surface area contributed by atoms with E-state index in [2.05, 4.69) is 25.3 Å². The van der Waals surface area contributed by atoms with Crippen LogP contribution in [0, 0.1) is 0 Å². The van der Waals surface area contributed by atoms with E-state index in [0.29, 0.717) is 18.5 Å². The predicted molar refractivity (Wildman–Crippen MR) is 80.3 cm³/mol. The van der Waals surface area contributed by atoms with E-state index in [4.69, 9.17) is 15.3 Å². The van der Waals surface area contributed by atoms with Crippen LogP contribution in [0.1, 0.15) is 33.1 Å². The molecule has 0 spiro atoms. The summed E-state index contributed by atoms with van der Waals surface area (Å²) in [6, 6.07) is 0.284. The van der Waals surface area contributed by atoms with Gasteiger partial charge in [-0.3, -0.25) is 5.43 Å². The number of nitrogens with zero attached hydrogens (tertiary/aromatic N) is 4. The topological polar surface area (TPSA) is 98.4 Å². The molecule has 0 amide bonds. The fourth-order valence-corrected chi connectivity index (χ4v) is 2.02. The Kier molecular flexibility index (Phi) is 5.13. The van der Waals surface area contributed by atoms with Crippen molar-refractivity contribution >= 4 is 11.9 Å². The lowest BCUT2D eigenvalue weighted by atomic mass is 10.1. The molecule has 1 aromatic rings. The van der Waals surface area contributed by atoms with Gasteiger partial charge >= 0.3 is 6.01 Å². The van der Waals surface area contributed by atoms with Gasteiger partial charge in [0.05, 0.1) is 12.2 Å². The Balaban J connectivity index is 2.02. The normalized spacial score (nSPS) is 15.3. The zero-order valence-corrected chi connectivity index (χ0v) is 12.9. The molecule has 0 aliphatic carbocycles. The summed E-state index contributed by atoms with van der Waals surface area (Å²) in [4.78, 5) is 14.8. The highest BCUT2D eigenvalue weighted by Crippen LogP contribution is 2.20. The Morgan fingerprint density at radius 3 is 2.57 bits per heavy atom. The minimum absolute atomic E-state index is 0.236. The third-order valence-electron chi connectivity index (χ3n) is 3.61. The Bertz CT molecular complexity index is 462. The van der Waals surface area contributed by atoms with Crippen LogP contribution in [-0.2, 0) is 4.74 Å². The van der Waals surface area contributed by atoms with Gasteiger partial charge in [0.25, 0.3) is 0 Å². The van der Waals surface area contributed by atoms with E-state index in [1.54, 1.807) is 7.11 Å². The molecule has 2 rings (SSSR count). The van der Waals surface area contributed by atoms with Crippen molar-refractivity contribution in [3.05, 3.63) is 0 Å². The molecule has 3 N–H and O–H groups in total. The van der Waals surface area contributed by atoms with Gasteiger partial charge in [-0.25, -0.2) is 5.84 Å². The van der Waals surface area contributed by atoms with Crippen LogP contribution in [0.4, 0.5) is 11.9 Å². The predicted octanol–water partition coefficient (Wildman–Crippen LogP) is 0.951. The maximum absolute atomic E-state index is 5.62. The first kappa shape index (κ1) is 15.7. The van der Waals surface area contributed by atoms with E-state index < -0.39 is 0 Å². The van der Waals surface area contributed by atoms with Crippen molar-refractivity contribution in [2.75, 3.05) is 37.1 Å². The Labute approximate surface area is 125 Å². The van der Waals surface area contributed by atoms with Crippen LogP contribution in [0.15, 0.2) is 0 Å². The Hall–Kier alpha value is -1.67. The van der Waals surface area contributed by atoms with E-state index in [9.17, 15) is 0 Å². The quantitative estimate of drug-likeness (QED) is 0.567. The molecule has 8 heteroatoms. The summed E-state index contributed by atoms with van der Waals surface area (Å²) in [5, 5.41) is 0. The second-order valence-corrected chi connectivity index (χ2v) is 5.64. The first-order chi connectivity index (χ1) is 10.0. The van der Waals surface area contributed by atoms with Gasteiger partial charge in [-0.15, -0.1) is 0 Å². The van der Waals surface area contributed by atoms with Gasteiger partial charge in [-0.1, -0.05) is 0 Å². The Morgan fingerprint density at radius 1 is 1.24 bits per heavy atom. The zero-order chi connectivity index (χ0) is 15.3. The highest BCUT2D eigenvalue weighted by molar-refractivity contribution is 5.38. The fourth-order valence-electron chi connectivity index (χ4n) is 2.02. The molecular formula is C13H24N6O2. The zero-order valence-electron chi connectivity index (χ0n) is 12.9. The third-order valence-corrected chi connectivity index (χ3v) is 3.61. The van der Waals surface area contributed by atoms with Crippen LogP contribution in [0.5, 0.6) is 6.01 Å². The molecule has 0 aromatic carbocycles. The van der Waals surface area contributed by atoms with Crippen LogP contribution in [-0.4, -0.2) is 47.4 Å². The van der Waals surface area contributed by atoms with Crippen LogP contribution < -0.4 is 20.9 Å². The second kappa shape index (κ2) is 6.86. The van der Waals surface area contributed by atoms with Crippen molar-refractivity contribution in [2.24, 2.45) is 5.84 Å². The lowest BCUT2D eigenvalue weighted by Gasteiger charge is -2.22. The lowest BCUT2D eigenvalue weighted by molar-refractivity contribution is 0.00468. The first-order valence-corrected chi connectivity index (χ1v) is 7.20. The second-order valence-electron chi connectivity index (χ2n) is 5.64. The molecule has 1 aliphatic rings. The van der Waals surface area contributed by atoms with E-state index in [-0.39, 0.29) is 11.6 Å². The highest BCUT2D eigenvalue weighted by atomic mass is 16.5. The summed E-state index contributed by atoms with van der Waals surface area (Å²) in [6.07, 6.45) is 3.03. The van der Waals surface area contributed by atoms with Gasteiger partial charge < -0.3 is 14.4 Å². The maximum Gasteiger partial charge on any atom is 0.323 e. The maximum atomic E-state index is 5.62. The van der Waals surface area contributed by atoms with Gasteiger partial charge in [0, 0.05) is 26.6 Å². The van der Waals surface area contributed by atoms with Gasteiger partial charge in [0.15, 0.2) is 0 Å². The number of rotatable bonds is 7. The number of ether oxygens (including phenoxy) is 2. The van der Waals surface area contributed by atoms with Crippen molar-refractivity contribution < 1.29 is 9.47 Å². The van der Waals surface area contributed by atoms with Crippen molar-refractivity contribution in [3.63, 3.8) is 0 Å². The minimum atomic E-state index is -0.236. The molecule has 8 nitrogen and oxygen atoms in total. The van der Waals surface area contributed by atoms with Gasteiger partial charge in [0.1, 0.15) is 0 Å². The SMILES string of the molecule is COC(C)(C)CCOc1nc(NN)nc(N2CCCC2)n1. The molecule has 2 heterocycles. The number of hydrogen-bond acceptors (Lipinski definition) is 8. The molecule has 0 atom stereocenters. The summed E-state index contributed by atoms with van der Waals surface area (Å²) < 4.78 is 11.0. The van der Waals surface area contributed by atoms with Crippen LogP contribution >= 0.6 is 0 Å². The lowest BCUT2D eigenvalue weighted by Crippen LogP contribution is -2.26. The molecule has 1 saturated heterocycles. The summed E-state index contributed by atoms with van der Waals surface area (Å²) in [5.41, 5.74) is 2.22. The molecule has 0 radical (unpaired) electrons. The van der Waals surface area contributed by atoms with Gasteiger partial charge in [-0.2, -0.15) is 15.0 Å². The molecule has 0 bridgehead atoms. The van der Waals surface area contributed by atoms with Crippen LogP contribution in [0.25, 0.3) is 0 Å². The molecule has 21 heavy (non-hydrogen) atoms. The average molecular weight is 296 g/mol. The third kappa shape index (κ3) is 4.40. The van der Waals surface area contributed by atoms with Crippen molar-refractivity contribution in [1.29, 1.82) is 0 Å². The number of aromatic nitrogens is 3. The van der Waals surface area contributed by atoms with Crippen molar-refractivity contribution in [1.82, 2.24) is 15.0 Å². The van der Waals surface area contributed by atoms with Crippen molar-refractivity contribution in [2.45, 2.75) is 38.7 Å². The molecule has 1 fully saturated rings. The average Bonchev–Trinajstić information content (AvgIpc) is 3.01. The standard InChI is InChI=1S/C13H24N6O2/c1-13(2,20-3)6-9-21-12-16-10(18-14)15-11(17-12)19-7-4-5-8-19/h4-9,14H2,1-3H3,(H,15,16,17,18). The highest BCUT2D eigenvalue weighted by Gasteiger charge is 2.19. The molecular weight excluding hydrogens is 272 g/mol. The number of anilines is 2. The minimum Gasteiger partial charge on any atom is -0.463 e. The largest absolute Gasteiger partial charge is 0.463 e. The Morgan fingerprint density at radius 2 is 1.95 bits per heavy atom. The molecule has 1 aliphatic heterocycles. The van der Waals surface area contributed by atoms with E-state index in [1.165, 1.54) is 0 Å². The molecule has 118 valence electrons. The number of nitrogens with two attached hydrogens (primary N) is 1. The molecule has 1 aromatic heterocycles. The first-order valence-electron chi connectivity index (χ1n) is 7.20. The van der Waals surface area contributed by atoms with Crippen LogP contribution in [0.2, 0.25) is 0 Å². The number of hydrogen-bond donors (Lipinski definition) is 2. The summed E-state index contributed by atoms with van der Waals surface area (Å²) >= 11 is 0. The number of nitrogens with one attached hydrogen (secondary N) is 1. The van der Waals surface area contributed by atoms with Gasteiger partial charge in [0.2, 0.25) is 11.9 Å². The summed E-state index contributed by atoms with van der Waals surface area (Å²) in [6.45, 7) is 6.38. The van der Waals surface area contributed by atoms with Gasteiger partial charge in [-0.05, 0) is 26.7 Å². The number of nitrogen functional groups attached to an aromatic ring is 1. The van der Waals surface area contributed by atoms with E-state index in [1.807, 2.05) is 13.8 Å². The smallest absolute Gasteiger partial charge is 0.323 e. The van der Waals surface area contributed by atoms with E-state index >= 15 is 0 Å². The summed E-state index contributed by atoms with van der Waals surface area (Å²) in [5.74, 6) is 6.33. The molecule has 0 unspecified atom stereocenters. The number of methoxy groups -OCH3 is 1. The van der Waals surface area contributed by atoms with Crippen LogP contribution in [0.3, 0.4) is 0 Å². The molecule has 0 saturated carbocycles. The monoisotopic (exact) mass is 296 g/mol. The summed E-state index contributed by atoms with van der Waals surface area (Å²) in [7, 11) is 1.69. The van der Waals surface area contributed by atoms with E-state index in [0.717, 1.165) is 32.4 Å². The van der Waals surface area contributed by atoms with Crippen molar-refractivity contribution in [3.8, 4) is 6.01 Å². The fraction of sp³-hybridized carbons (Fsp3) is 0.769.